The fraction of sp³-hybridized carbons (Fsp3) is 0.533. The first-order valence-corrected chi connectivity index (χ1v) is 7.34. The third-order valence-electron chi connectivity index (χ3n) is 2.95. The molecular formula is C15H20Cl2O. The quantitative estimate of drug-likeness (QED) is 0.580. The first-order chi connectivity index (χ1) is 8.63. The fourth-order valence-corrected chi connectivity index (χ4v) is 2.28. The number of carbonyl (C=O) groups excluding carboxylic acids is 1. The van der Waals surface area contributed by atoms with E-state index in [2.05, 4.69) is 6.92 Å². The lowest BCUT2D eigenvalue weighted by Crippen LogP contribution is -2.03. The second-order valence-corrected chi connectivity index (χ2v) is 5.46. The number of Topliss-reactive ketones (excluding diaryl/α,β-unsaturated/α-hetero) is 1. The Morgan fingerprint density at radius 2 is 1.83 bits per heavy atom. The topological polar surface area (TPSA) is 17.1 Å². The Kier molecular flexibility index (Phi) is 7.38. The number of halogens is 2. The van der Waals surface area contributed by atoms with Crippen molar-refractivity contribution in [1.82, 2.24) is 0 Å². The van der Waals surface area contributed by atoms with Crippen LogP contribution in [0, 0.1) is 0 Å². The molecule has 1 rings (SSSR count). The summed E-state index contributed by atoms with van der Waals surface area (Å²) < 4.78 is 0. The molecule has 0 aliphatic rings. The zero-order valence-electron chi connectivity index (χ0n) is 10.8. The summed E-state index contributed by atoms with van der Waals surface area (Å²) in [5.74, 6) is 0.246. The first kappa shape index (κ1) is 15.5. The predicted molar refractivity (Wildman–Crippen MR) is 78.5 cm³/mol. The molecule has 0 aliphatic heterocycles. The molecule has 1 aromatic carbocycles. The molecule has 0 aliphatic carbocycles. The molecule has 0 aromatic heterocycles. The third-order valence-corrected chi connectivity index (χ3v) is 3.56. The van der Waals surface area contributed by atoms with Crippen LogP contribution in [-0.4, -0.2) is 5.78 Å². The van der Waals surface area contributed by atoms with E-state index in [-0.39, 0.29) is 5.78 Å². The largest absolute Gasteiger partial charge is 0.299 e. The molecular weight excluding hydrogens is 267 g/mol. The summed E-state index contributed by atoms with van der Waals surface area (Å²) in [4.78, 5) is 11.8. The Morgan fingerprint density at radius 3 is 2.56 bits per heavy atom. The Hall–Kier alpha value is -0.530. The van der Waals surface area contributed by atoms with Gasteiger partial charge in [0.05, 0.1) is 0 Å². The highest BCUT2D eigenvalue weighted by molar-refractivity contribution is 6.33. The van der Waals surface area contributed by atoms with Crippen molar-refractivity contribution >= 4 is 29.0 Å². The molecule has 3 heteroatoms. The van der Waals surface area contributed by atoms with E-state index in [4.69, 9.17) is 23.2 Å². The van der Waals surface area contributed by atoms with Gasteiger partial charge in [-0.05, 0) is 30.2 Å². The highest BCUT2D eigenvalue weighted by Crippen LogP contribution is 2.21. The molecule has 0 fully saturated rings. The van der Waals surface area contributed by atoms with Crippen molar-refractivity contribution in [1.29, 1.82) is 0 Å². The summed E-state index contributed by atoms with van der Waals surface area (Å²) in [6.07, 6.45) is 6.88. The van der Waals surface area contributed by atoms with E-state index in [1.165, 1.54) is 19.3 Å². The molecule has 0 atom stereocenters. The molecule has 0 amide bonds. The highest BCUT2D eigenvalue weighted by Gasteiger charge is 2.07. The minimum Gasteiger partial charge on any atom is -0.299 e. The standard InChI is InChI=1S/C15H20Cl2O/c1-2-3-4-5-6-7-14(18)11-12-10-13(16)8-9-15(12)17/h8-10H,2-7,11H2,1H3. The number of unbranched alkanes of at least 4 members (excludes halogenated alkanes) is 4. The second-order valence-electron chi connectivity index (χ2n) is 4.62. The van der Waals surface area contributed by atoms with Gasteiger partial charge in [0.1, 0.15) is 5.78 Å². The van der Waals surface area contributed by atoms with Crippen LogP contribution in [-0.2, 0) is 11.2 Å². The van der Waals surface area contributed by atoms with Gasteiger partial charge in [-0.15, -0.1) is 0 Å². The smallest absolute Gasteiger partial charge is 0.137 e. The summed E-state index contributed by atoms with van der Waals surface area (Å²) in [7, 11) is 0. The maximum atomic E-state index is 11.8. The molecule has 1 aromatic rings. The summed E-state index contributed by atoms with van der Waals surface area (Å²) in [6, 6.07) is 5.26. The van der Waals surface area contributed by atoms with Crippen LogP contribution >= 0.6 is 23.2 Å². The Bertz CT molecular complexity index is 388. The van der Waals surface area contributed by atoms with Crippen LogP contribution in [0.25, 0.3) is 0 Å². The van der Waals surface area contributed by atoms with Gasteiger partial charge in [-0.1, -0.05) is 55.8 Å². The summed E-state index contributed by atoms with van der Waals surface area (Å²) >= 11 is 11.9. The molecule has 0 saturated heterocycles. The maximum Gasteiger partial charge on any atom is 0.137 e. The maximum absolute atomic E-state index is 11.8. The van der Waals surface area contributed by atoms with Gasteiger partial charge >= 0.3 is 0 Å². The van der Waals surface area contributed by atoms with E-state index < -0.39 is 0 Å². The van der Waals surface area contributed by atoms with Gasteiger partial charge in [-0.25, -0.2) is 0 Å². The number of carbonyl (C=O) groups is 1. The molecule has 1 nitrogen and oxygen atoms in total. The summed E-state index contributed by atoms with van der Waals surface area (Å²) in [5.41, 5.74) is 0.836. The Balaban J connectivity index is 2.33. The van der Waals surface area contributed by atoms with E-state index in [1.807, 2.05) is 0 Å². The van der Waals surface area contributed by atoms with Gasteiger partial charge in [0.25, 0.3) is 0 Å². The van der Waals surface area contributed by atoms with Crippen LogP contribution in [0.15, 0.2) is 18.2 Å². The van der Waals surface area contributed by atoms with Crippen molar-refractivity contribution in [2.45, 2.75) is 51.9 Å². The molecule has 0 heterocycles. The van der Waals surface area contributed by atoms with E-state index in [0.29, 0.717) is 22.9 Å². The van der Waals surface area contributed by atoms with Crippen molar-refractivity contribution < 1.29 is 4.79 Å². The number of hydrogen-bond donors (Lipinski definition) is 0. The molecule has 0 radical (unpaired) electrons. The van der Waals surface area contributed by atoms with Crippen LogP contribution in [0.2, 0.25) is 10.0 Å². The summed E-state index contributed by atoms with van der Waals surface area (Å²) in [5, 5.41) is 1.25. The molecule has 0 saturated carbocycles. The van der Waals surface area contributed by atoms with Gasteiger partial charge in [-0.3, -0.25) is 4.79 Å². The van der Waals surface area contributed by atoms with Gasteiger partial charge in [0, 0.05) is 22.9 Å². The van der Waals surface area contributed by atoms with Crippen LogP contribution in [0.5, 0.6) is 0 Å². The lowest BCUT2D eigenvalue weighted by atomic mass is 10.0. The lowest BCUT2D eigenvalue weighted by molar-refractivity contribution is -0.118. The second kappa shape index (κ2) is 8.55. The van der Waals surface area contributed by atoms with E-state index in [0.717, 1.165) is 18.4 Å². The number of rotatable bonds is 8. The van der Waals surface area contributed by atoms with Crippen LogP contribution in [0.4, 0.5) is 0 Å². The van der Waals surface area contributed by atoms with Gasteiger partial charge in [-0.2, -0.15) is 0 Å². The normalized spacial score (nSPS) is 10.6. The summed E-state index contributed by atoms with van der Waals surface area (Å²) in [6.45, 7) is 2.19. The van der Waals surface area contributed by atoms with Crippen molar-refractivity contribution in [2.75, 3.05) is 0 Å². The third kappa shape index (κ3) is 5.88. The van der Waals surface area contributed by atoms with Crippen molar-refractivity contribution in [2.24, 2.45) is 0 Å². The predicted octanol–water partition coefficient (Wildman–Crippen LogP) is 5.47. The van der Waals surface area contributed by atoms with Gasteiger partial charge in [0.15, 0.2) is 0 Å². The van der Waals surface area contributed by atoms with Crippen LogP contribution < -0.4 is 0 Å². The monoisotopic (exact) mass is 286 g/mol. The SMILES string of the molecule is CCCCCCCC(=O)Cc1cc(Cl)ccc1Cl. The first-order valence-electron chi connectivity index (χ1n) is 6.59. The molecule has 0 N–H and O–H groups in total. The van der Waals surface area contributed by atoms with E-state index in [1.54, 1.807) is 18.2 Å². The van der Waals surface area contributed by atoms with Crippen LogP contribution in [0.1, 0.15) is 51.0 Å². The van der Waals surface area contributed by atoms with Crippen molar-refractivity contribution in [3.8, 4) is 0 Å². The fourth-order valence-electron chi connectivity index (χ4n) is 1.91. The average Bonchev–Trinajstić information content (AvgIpc) is 2.33. The Morgan fingerprint density at radius 1 is 1.11 bits per heavy atom. The minimum atomic E-state index is 0.246. The lowest BCUT2D eigenvalue weighted by Gasteiger charge is -2.04. The molecule has 0 unspecified atom stereocenters. The van der Waals surface area contributed by atoms with E-state index >= 15 is 0 Å². The van der Waals surface area contributed by atoms with Gasteiger partial charge < -0.3 is 0 Å². The average molecular weight is 287 g/mol. The number of hydrogen-bond acceptors (Lipinski definition) is 1. The zero-order valence-corrected chi connectivity index (χ0v) is 12.4. The van der Waals surface area contributed by atoms with E-state index in [9.17, 15) is 4.79 Å². The zero-order chi connectivity index (χ0) is 13.4. The number of ketones is 1. The highest BCUT2D eigenvalue weighted by atomic mass is 35.5. The minimum absolute atomic E-state index is 0.246. The Labute approximate surface area is 119 Å². The van der Waals surface area contributed by atoms with Gasteiger partial charge in [0.2, 0.25) is 0 Å². The van der Waals surface area contributed by atoms with Crippen molar-refractivity contribution in [3.63, 3.8) is 0 Å². The molecule has 0 bridgehead atoms. The van der Waals surface area contributed by atoms with Crippen LogP contribution in [0.3, 0.4) is 0 Å². The molecule has 18 heavy (non-hydrogen) atoms. The number of benzene rings is 1. The van der Waals surface area contributed by atoms with Crippen molar-refractivity contribution in [3.05, 3.63) is 33.8 Å². The molecule has 100 valence electrons. The molecule has 0 spiro atoms.